The molecule has 0 bridgehead atoms. The molecule has 5 heteroatoms. The summed E-state index contributed by atoms with van der Waals surface area (Å²) in [5.41, 5.74) is 1.01. The molecule has 3 nitrogen and oxygen atoms in total. The van der Waals surface area contributed by atoms with Gasteiger partial charge in [0.1, 0.15) is 0 Å². The van der Waals surface area contributed by atoms with Crippen molar-refractivity contribution in [2.24, 2.45) is 0 Å². The highest BCUT2D eigenvalue weighted by Crippen LogP contribution is 2.22. The third-order valence-electron chi connectivity index (χ3n) is 1.72. The van der Waals surface area contributed by atoms with Gasteiger partial charge in [-0.25, -0.2) is 9.74 Å². The summed E-state index contributed by atoms with van der Waals surface area (Å²) in [5, 5.41) is 8.68. The number of carbonyl (C=O) groups excluding carboxylic acids is 1. The number of hydrogen-bond acceptors (Lipinski definition) is 3. The highest BCUT2D eigenvalue weighted by Gasteiger charge is 2.14. The average molecular weight is 258 g/mol. The van der Waals surface area contributed by atoms with Crippen molar-refractivity contribution in [1.82, 2.24) is 0 Å². The molecule has 14 heavy (non-hydrogen) atoms. The SMILES string of the molecule is Cc1cc(Br)c(C(=O)OF)cc1C#N. The first-order chi connectivity index (χ1) is 6.60. The number of halogens is 2. The molecule has 0 unspecified atom stereocenters. The molecule has 0 N–H and O–H groups in total. The molecule has 0 radical (unpaired) electrons. The molecule has 0 saturated carbocycles. The number of hydrogen-bond donors (Lipinski definition) is 0. The van der Waals surface area contributed by atoms with Gasteiger partial charge in [0.2, 0.25) is 0 Å². The molecule has 0 atom stereocenters. The molecule has 1 aromatic rings. The minimum absolute atomic E-state index is 0.00495. The van der Waals surface area contributed by atoms with Crippen molar-refractivity contribution in [2.75, 3.05) is 0 Å². The van der Waals surface area contributed by atoms with Crippen LogP contribution in [0.25, 0.3) is 0 Å². The maximum Gasteiger partial charge on any atom is 0.380 e. The van der Waals surface area contributed by atoms with Crippen LogP contribution in [0, 0.1) is 18.3 Å². The molecule has 0 fully saturated rings. The molecule has 0 aliphatic heterocycles. The van der Waals surface area contributed by atoms with Crippen LogP contribution in [0.4, 0.5) is 4.53 Å². The van der Waals surface area contributed by atoms with Gasteiger partial charge in [0.15, 0.2) is 0 Å². The van der Waals surface area contributed by atoms with Gasteiger partial charge in [-0.15, -0.1) is 0 Å². The van der Waals surface area contributed by atoms with Crippen molar-refractivity contribution in [3.05, 3.63) is 33.3 Å². The summed E-state index contributed by atoms with van der Waals surface area (Å²) >= 11 is 3.07. The summed E-state index contributed by atoms with van der Waals surface area (Å²) < 4.78 is 12.0. The van der Waals surface area contributed by atoms with Gasteiger partial charge in [0.25, 0.3) is 0 Å². The lowest BCUT2D eigenvalue weighted by Crippen LogP contribution is -2.01. The predicted octanol–water partition coefficient (Wildman–Crippen LogP) is 2.67. The summed E-state index contributed by atoms with van der Waals surface area (Å²) in [6, 6.07) is 4.73. The number of benzene rings is 1. The van der Waals surface area contributed by atoms with Crippen molar-refractivity contribution >= 4 is 21.9 Å². The van der Waals surface area contributed by atoms with E-state index in [1.807, 2.05) is 6.07 Å². The van der Waals surface area contributed by atoms with E-state index in [0.717, 1.165) is 0 Å². The number of nitriles is 1. The lowest BCUT2D eigenvalue weighted by Gasteiger charge is -2.02. The Morgan fingerprint density at radius 3 is 2.79 bits per heavy atom. The van der Waals surface area contributed by atoms with Gasteiger partial charge in [-0.3, -0.25) is 0 Å². The van der Waals surface area contributed by atoms with Gasteiger partial charge in [-0.2, -0.15) is 5.26 Å². The third kappa shape index (κ3) is 1.91. The highest BCUT2D eigenvalue weighted by atomic mass is 79.9. The fourth-order valence-electron chi connectivity index (χ4n) is 0.991. The molecule has 0 aromatic heterocycles. The first kappa shape index (κ1) is 10.7. The molecule has 0 aliphatic rings. The Balaban J connectivity index is 3.33. The second-order valence-corrected chi connectivity index (χ2v) is 3.48. The lowest BCUT2D eigenvalue weighted by molar-refractivity contribution is -0.0788. The van der Waals surface area contributed by atoms with E-state index in [0.29, 0.717) is 15.6 Å². The Bertz CT molecular complexity index is 426. The second-order valence-electron chi connectivity index (χ2n) is 2.62. The predicted molar refractivity (Wildman–Crippen MR) is 50.1 cm³/mol. The molecule has 72 valence electrons. The van der Waals surface area contributed by atoms with Crippen LogP contribution in [0.15, 0.2) is 16.6 Å². The molecule has 0 aliphatic carbocycles. The van der Waals surface area contributed by atoms with Gasteiger partial charge in [-0.1, -0.05) is 0 Å². The first-order valence-electron chi connectivity index (χ1n) is 3.63. The zero-order valence-electron chi connectivity index (χ0n) is 7.17. The number of aryl methyl sites for hydroxylation is 1. The van der Waals surface area contributed by atoms with Gasteiger partial charge < -0.3 is 0 Å². The van der Waals surface area contributed by atoms with Crippen LogP contribution in [0.3, 0.4) is 0 Å². The van der Waals surface area contributed by atoms with E-state index < -0.39 is 5.97 Å². The standard InChI is InChI=1S/C9H5BrFNO2/c1-5-2-8(10)7(9(13)14-11)3-6(5)4-12/h2-3H,1H3. The smallest absolute Gasteiger partial charge is 0.249 e. The Hall–Kier alpha value is -1.41. The van der Waals surface area contributed by atoms with E-state index in [1.54, 1.807) is 13.0 Å². The van der Waals surface area contributed by atoms with E-state index in [-0.39, 0.29) is 5.56 Å². The minimum Gasteiger partial charge on any atom is -0.249 e. The molecule has 0 heterocycles. The lowest BCUT2D eigenvalue weighted by atomic mass is 10.1. The van der Waals surface area contributed by atoms with Gasteiger partial charge in [0.05, 0.1) is 17.2 Å². The Labute approximate surface area is 88.1 Å². The molecule has 1 aromatic carbocycles. The van der Waals surface area contributed by atoms with Crippen molar-refractivity contribution < 1.29 is 14.3 Å². The molecule has 1 rings (SSSR count). The fraction of sp³-hybridized carbons (Fsp3) is 0.111. The normalized spacial score (nSPS) is 9.29. The van der Waals surface area contributed by atoms with Crippen LogP contribution >= 0.6 is 15.9 Å². The number of rotatable bonds is 1. The van der Waals surface area contributed by atoms with Crippen LogP contribution < -0.4 is 0 Å². The first-order valence-corrected chi connectivity index (χ1v) is 4.42. The summed E-state index contributed by atoms with van der Waals surface area (Å²) in [6.45, 7) is 1.72. The van der Waals surface area contributed by atoms with E-state index >= 15 is 0 Å². The summed E-state index contributed by atoms with van der Waals surface area (Å²) in [4.78, 5) is 14.0. The Morgan fingerprint density at radius 1 is 1.64 bits per heavy atom. The molecule has 0 spiro atoms. The average Bonchev–Trinajstić information content (AvgIpc) is 2.17. The van der Waals surface area contributed by atoms with Crippen LogP contribution in [-0.2, 0) is 4.94 Å². The largest absolute Gasteiger partial charge is 0.380 e. The number of carbonyl (C=O) groups is 1. The van der Waals surface area contributed by atoms with Gasteiger partial charge in [-0.05, 0) is 40.5 Å². The maximum absolute atomic E-state index is 11.6. The summed E-state index contributed by atoms with van der Waals surface area (Å²) in [5.74, 6) is -1.12. The van der Waals surface area contributed by atoms with Gasteiger partial charge in [0, 0.05) is 9.00 Å². The minimum atomic E-state index is -1.12. The van der Waals surface area contributed by atoms with Crippen LogP contribution in [0.1, 0.15) is 21.5 Å². The topological polar surface area (TPSA) is 50.1 Å². The van der Waals surface area contributed by atoms with Crippen LogP contribution in [0.5, 0.6) is 0 Å². The number of nitrogens with zero attached hydrogens (tertiary/aromatic N) is 1. The summed E-state index contributed by atoms with van der Waals surface area (Å²) in [6.07, 6.45) is 0. The quantitative estimate of drug-likeness (QED) is 0.778. The molecular formula is C9H5BrFNO2. The van der Waals surface area contributed by atoms with Crippen molar-refractivity contribution in [3.8, 4) is 6.07 Å². The monoisotopic (exact) mass is 257 g/mol. The zero-order chi connectivity index (χ0) is 10.7. The van der Waals surface area contributed by atoms with Crippen LogP contribution in [-0.4, -0.2) is 5.97 Å². The third-order valence-corrected chi connectivity index (χ3v) is 2.38. The molecule has 0 saturated heterocycles. The highest BCUT2D eigenvalue weighted by molar-refractivity contribution is 9.10. The van der Waals surface area contributed by atoms with E-state index in [4.69, 9.17) is 5.26 Å². The van der Waals surface area contributed by atoms with Crippen molar-refractivity contribution in [3.63, 3.8) is 0 Å². The fourth-order valence-corrected chi connectivity index (χ4v) is 1.61. The molecule has 0 amide bonds. The van der Waals surface area contributed by atoms with E-state index in [2.05, 4.69) is 20.9 Å². The van der Waals surface area contributed by atoms with E-state index in [9.17, 15) is 9.32 Å². The Morgan fingerprint density at radius 2 is 2.29 bits per heavy atom. The second kappa shape index (κ2) is 4.20. The maximum atomic E-state index is 11.6. The zero-order valence-corrected chi connectivity index (χ0v) is 8.76. The van der Waals surface area contributed by atoms with Gasteiger partial charge >= 0.3 is 5.97 Å². The van der Waals surface area contributed by atoms with E-state index in [1.165, 1.54) is 6.07 Å². The molecular weight excluding hydrogens is 253 g/mol. The summed E-state index contributed by atoms with van der Waals surface area (Å²) in [7, 11) is 0. The van der Waals surface area contributed by atoms with Crippen LogP contribution in [0.2, 0.25) is 0 Å². The van der Waals surface area contributed by atoms with Crippen molar-refractivity contribution in [1.29, 1.82) is 5.26 Å². The Kier molecular flexibility index (Phi) is 3.20. The van der Waals surface area contributed by atoms with Crippen molar-refractivity contribution in [2.45, 2.75) is 6.92 Å².